The van der Waals surface area contributed by atoms with Crippen molar-refractivity contribution in [2.45, 2.75) is 32.6 Å². The zero-order valence-electron chi connectivity index (χ0n) is 15.6. The summed E-state index contributed by atoms with van der Waals surface area (Å²) in [5.41, 5.74) is 11.3. The molecule has 0 unspecified atom stereocenters. The van der Waals surface area contributed by atoms with E-state index in [1.807, 2.05) is 18.5 Å². The van der Waals surface area contributed by atoms with Gasteiger partial charge in [0.2, 0.25) is 0 Å². The van der Waals surface area contributed by atoms with Crippen LogP contribution in [0.15, 0.2) is 71.4 Å². The Bertz CT molecular complexity index is 1080. The van der Waals surface area contributed by atoms with E-state index in [0.29, 0.717) is 0 Å². The number of hydrogen-bond acceptors (Lipinski definition) is 2. The molecule has 0 saturated heterocycles. The average molecular weight is 350 g/mol. The third kappa shape index (κ3) is 2.91. The Labute approximate surface area is 160 Å². The lowest BCUT2D eigenvalue weighted by molar-refractivity contribution is 1.02. The van der Waals surface area contributed by atoms with E-state index in [0.717, 1.165) is 31.4 Å². The molecule has 1 aromatic heterocycles. The Kier molecular flexibility index (Phi) is 3.97. The largest absolute Gasteiger partial charge is 0.260 e. The molecule has 132 valence electrons. The predicted molar refractivity (Wildman–Crippen MR) is 113 cm³/mol. The second kappa shape index (κ2) is 6.62. The first-order chi connectivity index (χ1) is 13.3. The highest BCUT2D eigenvalue weighted by Gasteiger charge is 2.20. The van der Waals surface area contributed by atoms with Crippen LogP contribution in [0.1, 0.15) is 47.7 Å². The van der Waals surface area contributed by atoms with Gasteiger partial charge in [0.1, 0.15) is 0 Å². The molecule has 0 saturated carbocycles. The Morgan fingerprint density at radius 3 is 2.74 bits per heavy atom. The lowest BCUT2D eigenvalue weighted by atomic mass is 9.91. The van der Waals surface area contributed by atoms with Gasteiger partial charge in [0, 0.05) is 30.0 Å². The zero-order chi connectivity index (χ0) is 18.2. The van der Waals surface area contributed by atoms with Crippen LogP contribution >= 0.6 is 0 Å². The van der Waals surface area contributed by atoms with Gasteiger partial charge in [-0.15, -0.1) is 0 Å². The van der Waals surface area contributed by atoms with Crippen molar-refractivity contribution in [1.82, 2.24) is 4.98 Å². The van der Waals surface area contributed by atoms with E-state index in [1.165, 1.54) is 44.7 Å². The molecule has 0 N–H and O–H groups in total. The van der Waals surface area contributed by atoms with E-state index in [2.05, 4.69) is 60.5 Å². The van der Waals surface area contributed by atoms with Gasteiger partial charge >= 0.3 is 0 Å². The number of aliphatic imine (C=N–C) groups is 1. The summed E-state index contributed by atoms with van der Waals surface area (Å²) in [5, 5.41) is 0. The minimum absolute atomic E-state index is 0.911. The minimum atomic E-state index is 0.911. The third-order valence-electron chi connectivity index (χ3n) is 5.63. The van der Waals surface area contributed by atoms with Crippen LogP contribution in [-0.2, 0) is 12.8 Å². The molecule has 0 radical (unpaired) electrons. The highest BCUT2D eigenvalue weighted by molar-refractivity contribution is 5.88. The molecule has 0 fully saturated rings. The molecule has 2 heterocycles. The number of allylic oxidation sites excluding steroid dienone is 7. The van der Waals surface area contributed by atoms with Crippen LogP contribution in [0.5, 0.6) is 0 Å². The second-order valence-electron chi connectivity index (χ2n) is 7.38. The van der Waals surface area contributed by atoms with Gasteiger partial charge in [-0.1, -0.05) is 30.4 Å². The van der Waals surface area contributed by atoms with Crippen LogP contribution in [0, 0.1) is 0 Å². The number of benzene rings is 1. The van der Waals surface area contributed by atoms with Crippen molar-refractivity contribution in [2.24, 2.45) is 4.99 Å². The van der Waals surface area contributed by atoms with Gasteiger partial charge in [-0.3, -0.25) is 9.98 Å². The summed E-state index contributed by atoms with van der Waals surface area (Å²) in [7, 11) is 0. The van der Waals surface area contributed by atoms with Crippen molar-refractivity contribution in [1.29, 1.82) is 0 Å². The van der Waals surface area contributed by atoms with E-state index in [4.69, 9.17) is 4.98 Å². The number of nitrogens with zero attached hydrogens (tertiary/aromatic N) is 2. The second-order valence-corrected chi connectivity index (χ2v) is 7.38. The maximum atomic E-state index is 4.79. The van der Waals surface area contributed by atoms with Gasteiger partial charge in [0.25, 0.3) is 0 Å². The van der Waals surface area contributed by atoms with Gasteiger partial charge in [-0.2, -0.15) is 0 Å². The minimum Gasteiger partial charge on any atom is -0.260 e. The molecule has 1 aromatic carbocycles. The van der Waals surface area contributed by atoms with Crippen LogP contribution in [0.3, 0.4) is 0 Å². The maximum absolute atomic E-state index is 4.79. The molecule has 0 spiro atoms. The Morgan fingerprint density at radius 2 is 1.81 bits per heavy atom. The van der Waals surface area contributed by atoms with Crippen molar-refractivity contribution in [3.63, 3.8) is 0 Å². The zero-order valence-corrected chi connectivity index (χ0v) is 15.6. The quantitative estimate of drug-likeness (QED) is 0.651. The smallest absolute Gasteiger partial charge is 0.0665 e. The van der Waals surface area contributed by atoms with Gasteiger partial charge in [-0.05, 0) is 78.3 Å². The molecular weight excluding hydrogens is 328 g/mol. The molecule has 3 aliphatic rings. The first-order valence-corrected chi connectivity index (χ1v) is 9.69. The first-order valence-electron chi connectivity index (χ1n) is 9.69. The lowest BCUT2D eigenvalue weighted by Gasteiger charge is -2.15. The summed E-state index contributed by atoms with van der Waals surface area (Å²) in [6.45, 7) is 2.20. The fraction of sp³-hybridized carbons (Fsp3) is 0.200. The summed E-state index contributed by atoms with van der Waals surface area (Å²) >= 11 is 0. The molecule has 5 rings (SSSR count). The fourth-order valence-electron chi connectivity index (χ4n) is 4.18. The molecule has 0 amide bonds. The van der Waals surface area contributed by atoms with E-state index in [-0.39, 0.29) is 0 Å². The SMILES string of the molecule is CC1=CCCC=C1c1cnc2c(c1)C(c1ccc3c(c1)CC=CC=N3)=CC2. The Balaban J connectivity index is 1.55. The van der Waals surface area contributed by atoms with E-state index in [9.17, 15) is 0 Å². The Hall–Kier alpha value is -3.00. The third-order valence-corrected chi connectivity index (χ3v) is 5.63. The van der Waals surface area contributed by atoms with E-state index < -0.39 is 0 Å². The van der Waals surface area contributed by atoms with Crippen molar-refractivity contribution in [3.05, 3.63) is 94.4 Å². The van der Waals surface area contributed by atoms with Crippen molar-refractivity contribution in [2.75, 3.05) is 0 Å². The summed E-state index contributed by atoms with van der Waals surface area (Å²) in [6.07, 6.45) is 19.2. The first kappa shape index (κ1) is 16.2. The topological polar surface area (TPSA) is 25.2 Å². The molecule has 2 nitrogen and oxygen atoms in total. The average Bonchev–Trinajstić information content (AvgIpc) is 2.97. The van der Waals surface area contributed by atoms with Gasteiger partial charge < -0.3 is 0 Å². The monoisotopic (exact) mass is 350 g/mol. The molecule has 2 heteroatoms. The van der Waals surface area contributed by atoms with Gasteiger partial charge in [0.05, 0.1) is 11.4 Å². The Morgan fingerprint density at radius 1 is 0.889 bits per heavy atom. The van der Waals surface area contributed by atoms with Crippen molar-refractivity contribution in [3.8, 4) is 0 Å². The molecule has 0 atom stereocenters. The molecule has 27 heavy (non-hydrogen) atoms. The van der Waals surface area contributed by atoms with Crippen LogP contribution in [0.2, 0.25) is 0 Å². The molecule has 2 aromatic rings. The van der Waals surface area contributed by atoms with Gasteiger partial charge in [-0.25, -0.2) is 0 Å². The summed E-state index contributed by atoms with van der Waals surface area (Å²) in [5.74, 6) is 0. The van der Waals surface area contributed by atoms with E-state index >= 15 is 0 Å². The van der Waals surface area contributed by atoms with Crippen molar-refractivity contribution < 1.29 is 0 Å². The standard InChI is InChI=1S/C25H22N2/c1-17-6-2-3-8-21(17)20-15-23-22(10-12-25(23)27-16-20)18-9-11-24-19(14-18)7-4-5-13-26-24/h4-6,8-11,13-16H,2-3,7,12H2,1H3. The highest BCUT2D eigenvalue weighted by atomic mass is 14.7. The van der Waals surface area contributed by atoms with Crippen LogP contribution in [-0.4, -0.2) is 11.2 Å². The summed E-state index contributed by atoms with van der Waals surface area (Å²) in [4.78, 5) is 9.32. The normalized spacial score (nSPS) is 17.6. The molecule has 2 aliphatic carbocycles. The summed E-state index contributed by atoms with van der Waals surface area (Å²) in [6, 6.07) is 8.96. The molecular formula is C25H22N2. The van der Waals surface area contributed by atoms with Crippen molar-refractivity contribution >= 4 is 23.0 Å². The number of pyridine rings is 1. The van der Waals surface area contributed by atoms with Gasteiger partial charge in [0.15, 0.2) is 0 Å². The molecule has 0 bridgehead atoms. The van der Waals surface area contributed by atoms with Crippen LogP contribution in [0.25, 0.3) is 11.1 Å². The highest BCUT2D eigenvalue weighted by Crippen LogP contribution is 2.37. The number of fused-ring (bicyclic) bond motifs is 2. The molecule has 1 aliphatic heterocycles. The van der Waals surface area contributed by atoms with Crippen LogP contribution in [0.4, 0.5) is 5.69 Å². The number of rotatable bonds is 2. The fourth-order valence-corrected chi connectivity index (χ4v) is 4.18. The maximum Gasteiger partial charge on any atom is 0.0665 e. The number of aromatic nitrogens is 1. The number of hydrogen-bond donors (Lipinski definition) is 0. The lowest BCUT2D eigenvalue weighted by Crippen LogP contribution is -1.98. The predicted octanol–water partition coefficient (Wildman–Crippen LogP) is 6.01. The van der Waals surface area contributed by atoms with E-state index in [1.54, 1.807) is 0 Å². The summed E-state index contributed by atoms with van der Waals surface area (Å²) < 4.78 is 0. The van der Waals surface area contributed by atoms with Crippen LogP contribution < -0.4 is 0 Å².